The maximum Gasteiger partial charge on any atom is 0.319 e. The van der Waals surface area contributed by atoms with Crippen LogP contribution >= 0.6 is 11.6 Å². The average Bonchev–Trinajstić information content (AvgIpc) is 2.58. The third-order valence-corrected chi connectivity index (χ3v) is 4.31. The van der Waals surface area contributed by atoms with Gasteiger partial charge in [-0.25, -0.2) is 4.79 Å². The second kappa shape index (κ2) is 8.18. The van der Waals surface area contributed by atoms with E-state index in [9.17, 15) is 4.79 Å². The van der Waals surface area contributed by atoms with Gasteiger partial charge in [0.25, 0.3) is 0 Å². The Labute approximate surface area is 147 Å². The molecule has 1 aliphatic heterocycles. The van der Waals surface area contributed by atoms with Crippen molar-refractivity contribution in [3.05, 3.63) is 64.7 Å². The molecule has 0 aromatic heterocycles. The van der Waals surface area contributed by atoms with Crippen molar-refractivity contribution in [1.29, 1.82) is 0 Å². The molecule has 3 rings (SSSR count). The zero-order chi connectivity index (χ0) is 16.8. The zero-order valence-corrected chi connectivity index (χ0v) is 14.2. The van der Waals surface area contributed by atoms with Crippen molar-refractivity contribution in [2.24, 2.45) is 0 Å². The number of halogens is 1. The number of carbonyl (C=O) groups excluding carboxylic acids is 1. The van der Waals surface area contributed by atoms with E-state index in [1.807, 2.05) is 42.5 Å². The molecule has 0 unspecified atom stereocenters. The molecule has 4 nitrogen and oxygen atoms in total. The van der Waals surface area contributed by atoms with Gasteiger partial charge in [0.05, 0.1) is 0 Å². The summed E-state index contributed by atoms with van der Waals surface area (Å²) in [6, 6.07) is 15.7. The highest BCUT2D eigenvalue weighted by Gasteiger charge is 2.15. The standard InChI is InChI=1S/C19H21ClN2O2/c20-16-6-4-14(5-7-16)12-15-2-1-3-18(13-15)22-19(23)21-17-8-10-24-11-9-17/h1-7,13,17H,8-12H2,(H2,21,22,23). The number of hydrogen-bond donors (Lipinski definition) is 2. The molecule has 1 aliphatic rings. The summed E-state index contributed by atoms with van der Waals surface area (Å²) in [5.41, 5.74) is 3.12. The van der Waals surface area contributed by atoms with E-state index in [1.165, 1.54) is 5.56 Å². The van der Waals surface area contributed by atoms with Crippen LogP contribution in [-0.2, 0) is 11.2 Å². The lowest BCUT2D eigenvalue weighted by Crippen LogP contribution is -2.41. The van der Waals surface area contributed by atoms with Crippen LogP contribution in [-0.4, -0.2) is 25.3 Å². The van der Waals surface area contributed by atoms with Gasteiger partial charge in [0, 0.05) is 30.0 Å². The van der Waals surface area contributed by atoms with Crippen LogP contribution in [0.2, 0.25) is 5.02 Å². The van der Waals surface area contributed by atoms with Gasteiger partial charge in [-0.05, 0) is 54.7 Å². The van der Waals surface area contributed by atoms with Crippen LogP contribution in [0, 0.1) is 0 Å². The Kier molecular flexibility index (Phi) is 5.72. The summed E-state index contributed by atoms with van der Waals surface area (Å²) in [5.74, 6) is 0. The molecule has 2 aromatic rings. The molecule has 0 radical (unpaired) electrons. The van der Waals surface area contributed by atoms with Crippen LogP contribution in [0.1, 0.15) is 24.0 Å². The van der Waals surface area contributed by atoms with Crippen molar-refractivity contribution in [3.63, 3.8) is 0 Å². The van der Waals surface area contributed by atoms with Gasteiger partial charge in [0.2, 0.25) is 0 Å². The summed E-state index contributed by atoms with van der Waals surface area (Å²) in [7, 11) is 0. The van der Waals surface area contributed by atoms with Gasteiger partial charge in [-0.3, -0.25) is 0 Å². The molecule has 1 fully saturated rings. The summed E-state index contributed by atoms with van der Waals surface area (Å²) in [6.45, 7) is 1.42. The van der Waals surface area contributed by atoms with Crippen LogP contribution in [0.5, 0.6) is 0 Å². The highest BCUT2D eigenvalue weighted by Crippen LogP contribution is 2.17. The lowest BCUT2D eigenvalue weighted by Gasteiger charge is -2.23. The summed E-state index contributed by atoms with van der Waals surface area (Å²) >= 11 is 5.91. The first kappa shape index (κ1) is 16.8. The first-order chi connectivity index (χ1) is 11.7. The molecule has 0 bridgehead atoms. The van der Waals surface area contributed by atoms with E-state index in [-0.39, 0.29) is 12.1 Å². The first-order valence-electron chi connectivity index (χ1n) is 8.18. The number of nitrogens with one attached hydrogen (secondary N) is 2. The number of benzene rings is 2. The zero-order valence-electron chi connectivity index (χ0n) is 13.4. The second-order valence-electron chi connectivity index (χ2n) is 5.99. The van der Waals surface area contributed by atoms with Crippen molar-refractivity contribution in [3.8, 4) is 0 Å². The molecule has 0 saturated carbocycles. The minimum Gasteiger partial charge on any atom is -0.381 e. The fraction of sp³-hybridized carbons (Fsp3) is 0.316. The Morgan fingerprint density at radius 3 is 2.58 bits per heavy atom. The van der Waals surface area contributed by atoms with Gasteiger partial charge in [-0.1, -0.05) is 35.9 Å². The van der Waals surface area contributed by atoms with Crippen molar-refractivity contribution in [1.82, 2.24) is 5.32 Å². The minimum atomic E-state index is -0.162. The normalized spacial score (nSPS) is 15.0. The number of hydrogen-bond acceptors (Lipinski definition) is 2. The topological polar surface area (TPSA) is 50.4 Å². The summed E-state index contributed by atoms with van der Waals surface area (Å²) in [5, 5.41) is 6.65. The van der Waals surface area contributed by atoms with E-state index >= 15 is 0 Å². The summed E-state index contributed by atoms with van der Waals surface area (Å²) in [6.07, 6.45) is 2.53. The highest BCUT2D eigenvalue weighted by atomic mass is 35.5. The Morgan fingerprint density at radius 2 is 1.83 bits per heavy atom. The lowest BCUT2D eigenvalue weighted by atomic mass is 10.0. The van der Waals surface area contributed by atoms with Gasteiger partial charge in [0.15, 0.2) is 0 Å². The SMILES string of the molecule is O=C(Nc1cccc(Cc2ccc(Cl)cc2)c1)NC1CCOCC1. The monoisotopic (exact) mass is 344 g/mol. The Morgan fingerprint density at radius 1 is 1.08 bits per heavy atom. The molecule has 5 heteroatoms. The van der Waals surface area contributed by atoms with Crippen molar-refractivity contribution >= 4 is 23.3 Å². The predicted molar refractivity (Wildman–Crippen MR) is 96.7 cm³/mol. The third kappa shape index (κ3) is 4.98. The Bertz CT molecular complexity index is 682. The fourth-order valence-corrected chi connectivity index (χ4v) is 2.92. The van der Waals surface area contributed by atoms with Crippen LogP contribution in [0.15, 0.2) is 48.5 Å². The summed E-state index contributed by atoms with van der Waals surface area (Å²) in [4.78, 5) is 12.1. The molecule has 0 atom stereocenters. The Balaban J connectivity index is 1.58. The lowest BCUT2D eigenvalue weighted by molar-refractivity contribution is 0.0806. The van der Waals surface area contributed by atoms with Gasteiger partial charge < -0.3 is 15.4 Å². The van der Waals surface area contributed by atoms with E-state index in [2.05, 4.69) is 16.7 Å². The number of carbonyl (C=O) groups is 1. The second-order valence-corrected chi connectivity index (χ2v) is 6.43. The van der Waals surface area contributed by atoms with Gasteiger partial charge in [-0.15, -0.1) is 0 Å². The van der Waals surface area contributed by atoms with Crippen molar-refractivity contribution in [2.75, 3.05) is 18.5 Å². The van der Waals surface area contributed by atoms with Gasteiger partial charge >= 0.3 is 6.03 Å². The van der Waals surface area contributed by atoms with E-state index in [0.29, 0.717) is 13.2 Å². The maximum atomic E-state index is 12.1. The number of rotatable bonds is 4. The summed E-state index contributed by atoms with van der Waals surface area (Å²) < 4.78 is 5.30. The molecule has 0 spiro atoms. The van der Waals surface area contributed by atoms with Crippen molar-refractivity contribution in [2.45, 2.75) is 25.3 Å². The fourth-order valence-electron chi connectivity index (χ4n) is 2.79. The minimum absolute atomic E-state index is 0.162. The average molecular weight is 345 g/mol. The van der Waals surface area contributed by atoms with Crippen LogP contribution in [0.4, 0.5) is 10.5 Å². The molecule has 2 aromatic carbocycles. The van der Waals surface area contributed by atoms with Crippen LogP contribution < -0.4 is 10.6 Å². The molecular formula is C19H21ClN2O2. The number of anilines is 1. The Hall–Kier alpha value is -2.04. The smallest absolute Gasteiger partial charge is 0.319 e. The first-order valence-corrected chi connectivity index (χ1v) is 8.55. The molecule has 2 amide bonds. The number of ether oxygens (including phenoxy) is 1. The van der Waals surface area contributed by atoms with Crippen LogP contribution in [0.3, 0.4) is 0 Å². The molecule has 0 aliphatic carbocycles. The van der Waals surface area contributed by atoms with E-state index in [1.54, 1.807) is 0 Å². The largest absolute Gasteiger partial charge is 0.381 e. The van der Waals surface area contributed by atoms with E-state index < -0.39 is 0 Å². The molecule has 24 heavy (non-hydrogen) atoms. The molecular weight excluding hydrogens is 324 g/mol. The molecule has 1 saturated heterocycles. The van der Waals surface area contributed by atoms with Gasteiger partial charge in [0.1, 0.15) is 0 Å². The van der Waals surface area contributed by atoms with Gasteiger partial charge in [-0.2, -0.15) is 0 Å². The van der Waals surface area contributed by atoms with E-state index in [4.69, 9.17) is 16.3 Å². The molecule has 126 valence electrons. The molecule has 2 N–H and O–H groups in total. The predicted octanol–water partition coefficient (Wildman–Crippen LogP) is 4.23. The highest BCUT2D eigenvalue weighted by molar-refractivity contribution is 6.30. The van der Waals surface area contributed by atoms with E-state index in [0.717, 1.165) is 35.5 Å². The number of amides is 2. The molecule has 1 heterocycles. The third-order valence-electron chi connectivity index (χ3n) is 4.06. The maximum absolute atomic E-state index is 12.1. The van der Waals surface area contributed by atoms with Crippen molar-refractivity contribution < 1.29 is 9.53 Å². The number of urea groups is 1. The quantitative estimate of drug-likeness (QED) is 0.872. The van der Waals surface area contributed by atoms with Crippen LogP contribution in [0.25, 0.3) is 0 Å².